The topological polar surface area (TPSA) is 26.3 Å². The van der Waals surface area contributed by atoms with E-state index < -0.39 is 0 Å². The quantitative estimate of drug-likeness (QED) is 0.652. The first kappa shape index (κ1) is 8.96. The van der Waals surface area contributed by atoms with Gasteiger partial charge in [-0.2, -0.15) is 0 Å². The molecule has 0 unspecified atom stereocenters. The van der Waals surface area contributed by atoms with Gasteiger partial charge in [-0.3, -0.25) is 4.79 Å². The Labute approximate surface area is 89.2 Å². The Morgan fingerprint density at radius 2 is 2.20 bits per heavy atom. The molecule has 2 nitrogen and oxygen atoms in total. The van der Waals surface area contributed by atoms with E-state index in [4.69, 9.17) is 4.74 Å². The number of esters is 1. The summed E-state index contributed by atoms with van der Waals surface area (Å²) in [4.78, 5) is 11.8. The molecule has 2 aliphatic rings. The highest BCUT2D eigenvalue weighted by Gasteiger charge is 2.75. The van der Waals surface area contributed by atoms with Crippen molar-refractivity contribution in [2.45, 2.75) is 25.7 Å². The summed E-state index contributed by atoms with van der Waals surface area (Å²) in [6.45, 7) is 4.78. The second kappa shape index (κ2) is 2.43. The van der Waals surface area contributed by atoms with Crippen LogP contribution in [0, 0.1) is 12.3 Å². The lowest BCUT2D eigenvalue weighted by Gasteiger charge is -2.11. The van der Waals surface area contributed by atoms with E-state index in [-0.39, 0.29) is 16.8 Å². The number of cyclic esters (lactones) is 1. The van der Waals surface area contributed by atoms with Gasteiger partial charge in [0.2, 0.25) is 0 Å². The van der Waals surface area contributed by atoms with E-state index in [1.54, 1.807) is 0 Å². The SMILES string of the molecule is Cc1cccc([C@@]23C[C@]2(C)COC3=O)c1. The minimum Gasteiger partial charge on any atom is -0.464 e. The number of benzene rings is 1. The molecule has 1 aromatic rings. The zero-order valence-electron chi connectivity index (χ0n) is 9.04. The average Bonchev–Trinajstić information content (AvgIpc) is 2.76. The summed E-state index contributed by atoms with van der Waals surface area (Å²) in [5.74, 6) is -0.0319. The number of hydrogen-bond donors (Lipinski definition) is 0. The van der Waals surface area contributed by atoms with Crippen molar-refractivity contribution < 1.29 is 9.53 Å². The lowest BCUT2D eigenvalue weighted by atomic mass is 9.88. The fourth-order valence-electron chi connectivity index (χ4n) is 2.86. The number of rotatable bonds is 1. The molecule has 0 N–H and O–H groups in total. The maximum Gasteiger partial charge on any atom is 0.317 e. The van der Waals surface area contributed by atoms with Gasteiger partial charge in [0, 0.05) is 5.41 Å². The molecule has 0 spiro atoms. The maximum absolute atomic E-state index is 11.8. The predicted octanol–water partition coefficient (Wildman–Crippen LogP) is 2.20. The minimum absolute atomic E-state index is 0.0319. The molecule has 15 heavy (non-hydrogen) atoms. The monoisotopic (exact) mass is 202 g/mol. The summed E-state index contributed by atoms with van der Waals surface area (Å²) in [6, 6.07) is 8.23. The molecule has 2 heteroatoms. The highest BCUT2D eigenvalue weighted by molar-refractivity contribution is 5.91. The van der Waals surface area contributed by atoms with Gasteiger partial charge in [-0.25, -0.2) is 0 Å². The molecule has 1 saturated heterocycles. The summed E-state index contributed by atoms with van der Waals surface area (Å²) >= 11 is 0. The zero-order chi connectivity index (χ0) is 10.7. The van der Waals surface area contributed by atoms with Crippen LogP contribution in [0.25, 0.3) is 0 Å². The zero-order valence-corrected chi connectivity index (χ0v) is 9.04. The first-order chi connectivity index (χ1) is 7.08. The van der Waals surface area contributed by atoms with E-state index >= 15 is 0 Å². The molecule has 0 bridgehead atoms. The Morgan fingerprint density at radius 1 is 1.40 bits per heavy atom. The van der Waals surface area contributed by atoms with Gasteiger partial charge in [-0.15, -0.1) is 0 Å². The molecule has 0 amide bonds. The van der Waals surface area contributed by atoms with E-state index in [0.29, 0.717) is 6.61 Å². The summed E-state index contributed by atoms with van der Waals surface area (Å²) in [5, 5.41) is 0. The number of carbonyl (C=O) groups excluding carboxylic acids is 1. The second-order valence-electron chi connectivity index (χ2n) is 5.09. The van der Waals surface area contributed by atoms with Crippen LogP contribution < -0.4 is 0 Å². The molecular formula is C13H14O2. The van der Waals surface area contributed by atoms with Gasteiger partial charge in [0.25, 0.3) is 0 Å². The van der Waals surface area contributed by atoms with Crippen LogP contribution in [0.1, 0.15) is 24.5 Å². The summed E-state index contributed by atoms with van der Waals surface area (Å²) in [6.07, 6.45) is 0.947. The van der Waals surface area contributed by atoms with Gasteiger partial charge in [-0.05, 0) is 18.9 Å². The standard InChI is InChI=1S/C13H14O2/c1-9-4-3-5-10(6-9)13-7-12(13,2)8-15-11(13)14/h3-6H,7-8H2,1-2H3/t12-,13-/m1/s1. The van der Waals surface area contributed by atoms with Gasteiger partial charge in [-0.1, -0.05) is 36.8 Å². The molecule has 1 aromatic carbocycles. The van der Waals surface area contributed by atoms with Gasteiger partial charge in [0.05, 0.1) is 6.61 Å². The van der Waals surface area contributed by atoms with E-state index in [2.05, 4.69) is 26.0 Å². The Bertz CT molecular complexity index is 452. The van der Waals surface area contributed by atoms with Gasteiger partial charge < -0.3 is 4.74 Å². The number of hydrogen-bond acceptors (Lipinski definition) is 2. The highest BCUT2D eigenvalue weighted by atomic mass is 16.5. The smallest absolute Gasteiger partial charge is 0.317 e. The largest absolute Gasteiger partial charge is 0.464 e. The summed E-state index contributed by atoms with van der Waals surface area (Å²) in [5.41, 5.74) is 2.07. The van der Waals surface area contributed by atoms with Crippen molar-refractivity contribution in [3.8, 4) is 0 Å². The van der Waals surface area contributed by atoms with E-state index in [1.165, 1.54) is 5.56 Å². The fourth-order valence-corrected chi connectivity index (χ4v) is 2.86. The molecule has 1 saturated carbocycles. The van der Waals surface area contributed by atoms with Crippen molar-refractivity contribution in [2.24, 2.45) is 5.41 Å². The lowest BCUT2D eigenvalue weighted by Crippen LogP contribution is -2.20. The molecule has 78 valence electrons. The van der Waals surface area contributed by atoms with Crippen LogP contribution in [0.3, 0.4) is 0 Å². The first-order valence-electron chi connectivity index (χ1n) is 5.33. The molecule has 0 radical (unpaired) electrons. The second-order valence-corrected chi connectivity index (χ2v) is 5.09. The Hall–Kier alpha value is -1.31. The molecule has 0 aromatic heterocycles. The van der Waals surface area contributed by atoms with Crippen LogP contribution in [0.15, 0.2) is 24.3 Å². The lowest BCUT2D eigenvalue weighted by molar-refractivity contribution is -0.142. The predicted molar refractivity (Wildman–Crippen MR) is 56.5 cm³/mol. The molecule has 3 rings (SSSR count). The van der Waals surface area contributed by atoms with Crippen molar-refractivity contribution in [1.29, 1.82) is 0 Å². The van der Waals surface area contributed by atoms with E-state index in [0.717, 1.165) is 12.0 Å². The molecule has 1 aliphatic carbocycles. The van der Waals surface area contributed by atoms with Crippen LogP contribution in [-0.4, -0.2) is 12.6 Å². The summed E-state index contributed by atoms with van der Waals surface area (Å²) < 4.78 is 5.18. The van der Waals surface area contributed by atoms with Crippen LogP contribution in [-0.2, 0) is 14.9 Å². The van der Waals surface area contributed by atoms with E-state index in [9.17, 15) is 4.79 Å². The van der Waals surface area contributed by atoms with E-state index in [1.807, 2.05) is 12.1 Å². The first-order valence-corrected chi connectivity index (χ1v) is 5.33. The number of ether oxygens (including phenoxy) is 1. The van der Waals surface area contributed by atoms with Gasteiger partial charge in [0.15, 0.2) is 0 Å². The van der Waals surface area contributed by atoms with Crippen molar-refractivity contribution in [1.82, 2.24) is 0 Å². The minimum atomic E-state index is -0.320. The van der Waals surface area contributed by atoms with Crippen LogP contribution in [0.4, 0.5) is 0 Å². The molecule has 1 aliphatic heterocycles. The normalized spacial score (nSPS) is 37.3. The third-order valence-electron chi connectivity index (χ3n) is 3.94. The number of aryl methyl sites for hydroxylation is 1. The van der Waals surface area contributed by atoms with Gasteiger partial charge >= 0.3 is 5.97 Å². The molecule has 2 fully saturated rings. The van der Waals surface area contributed by atoms with Crippen LogP contribution in [0.5, 0.6) is 0 Å². The van der Waals surface area contributed by atoms with Crippen molar-refractivity contribution >= 4 is 5.97 Å². The Balaban J connectivity index is 2.12. The third kappa shape index (κ3) is 0.921. The molecule has 1 heterocycles. The molecular weight excluding hydrogens is 188 g/mol. The number of carbonyl (C=O) groups is 1. The number of fused-ring (bicyclic) bond motifs is 1. The van der Waals surface area contributed by atoms with Crippen LogP contribution in [0.2, 0.25) is 0 Å². The third-order valence-corrected chi connectivity index (χ3v) is 3.94. The average molecular weight is 202 g/mol. The van der Waals surface area contributed by atoms with Crippen molar-refractivity contribution in [3.05, 3.63) is 35.4 Å². The van der Waals surface area contributed by atoms with Crippen molar-refractivity contribution in [3.63, 3.8) is 0 Å². The Morgan fingerprint density at radius 3 is 2.73 bits per heavy atom. The Kier molecular flexibility index (Phi) is 1.45. The van der Waals surface area contributed by atoms with Crippen molar-refractivity contribution in [2.75, 3.05) is 6.61 Å². The van der Waals surface area contributed by atoms with Gasteiger partial charge in [0.1, 0.15) is 5.41 Å². The fraction of sp³-hybridized carbons (Fsp3) is 0.462. The summed E-state index contributed by atoms with van der Waals surface area (Å²) in [7, 11) is 0. The maximum atomic E-state index is 11.8. The highest BCUT2D eigenvalue weighted by Crippen LogP contribution is 2.68. The van der Waals surface area contributed by atoms with Crippen LogP contribution >= 0.6 is 0 Å². The molecule has 2 atom stereocenters.